The summed E-state index contributed by atoms with van der Waals surface area (Å²) in [5.41, 5.74) is 1.65. The SMILES string of the molecule is C=C.C=C/C(=C\C)Nc1cccc(OCC(=O)NCC(=O)O)c1. The van der Waals surface area contributed by atoms with Crippen LogP contribution in [0.25, 0.3) is 0 Å². The standard InChI is InChI=1S/C15H18N2O4.C2H4/c1-3-11(4-2)17-12-6-5-7-13(8-12)21-10-14(18)16-9-15(19)20;1-2/h3-8,17H,1,9-10H2,2H3,(H,16,18)(H,19,20);1-2H2/b11-4+;. The van der Waals surface area contributed by atoms with Crippen molar-refractivity contribution in [3.05, 3.63) is 61.9 Å². The highest BCUT2D eigenvalue weighted by atomic mass is 16.5. The van der Waals surface area contributed by atoms with Gasteiger partial charge in [0, 0.05) is 17.5 Å². The Morgan fingerprint density at radius 2 is 2.04 bits per heavy atom. The van der Waals surface area contributed by atoms with E-state index in [2.05, 4.69) is 30.4 Å². The molecule has 0 saturated carbocycles. The number of rotatable bonds is 8. The van der Waals surface area contributed by atoms with Gasteiger partial charge in [-0.15, -0.1) is 13.2 Å². The predicted octanol–water partition coefficient (Wildman–Crippen LogP) is 2.57. The Hall–Kier alpha value is -3.02. The average molecular weight is 318 g/mol. The van der Waals surface area contributed by atoms with E-state index in [0.29, 0.717) is 5.75 Å². The highest BCUT2D eigenvalue weighted by molar-refractivity contribution is 5.82. The van der Waals surface area contributed by atoms with Crippen LogP contribution in [0.15, 0.2) is 61.9 Å². The number of ether oxygens (including phenoxy) is 1. The number of anilines is 1. The van der Waals surface area contributed by atoms with Crippen molar-refractivity contribution in [3.8, 4) is 5.75 Å². The first-order chi connectivity index (χ1) is 11.0. The van der Waals surface area contributed by atoms with Gasteiger partial charge in [0.25, 0.3) is 5.91 Å². The van der Waals surface area contributed by atoms with Crippen molar-refractivity contribution in [3.63, 3.8) is 0 Å². The molecule has 3 N–H and O–H groups in total. The Morgan fingerprint density at radius 3 is 2.61 bits per heavy atom. The van der Waals surface area contributed by atoms with Crippen LogP contribution in [-0.4, -0.2) is 30.1 Å². The molecule has 6 nitrogen and oxygen atoms in total. The summed E-state index contributed by atoms with van der Waals surface area (Å²) >= 11 is 0. The van der Waals surface area contributed by atoms with Crippen molar-refractivity contribution in [2.24, 2.45) is 0 Å². The lowest BCUT2D eigenvalue weighted by molar-refractivity contribution is -0.138. The Bertz CT molecular complexity index is 567. The van der Waals surface area contributed by atoms with Crippen molar-refractivity contribution in [2.45, 2.75) is 6.92 Å². The minimum Gasteiger partial charge on any atom is -0.484 e. The lowest BCUT2D eigenvalue weighted by Gasteiger charge is -2.10. The first-order valence-electron chi connectivity index (χ1n) is 6.82. The van der Waals surface area contributed by atoms with Crippen LogP contribution in [-0.2, 0) is 9.59 Å². The highest BCUT2D eigenvalue weighted by Crippen LogP contribution is 2.18. The van der Waals surface area contributed by atoms with Crippen LogP contribution in [0.4, 0.5) is 5.69 Å². The fourth-order valence-corrected chi connectivity index (χ4v) is 1.45. The molecule has 0 spiro atoms. The Morgan fingerprint density at radius 1 is 1.35 bits per heavy atom. The van der Waals surface area contributed by atoms with E-state index in [4.69, 9.17) is 9.84 Å². The van der Waals surface area contributed by atoms with Gasteiger partial charge in [0.1, 0.15) is 12.3 Å². The van der Waals surface area contributed by atoms with E-state index in [-0.39, 0.29) is 6.61 Å². The van der Waals surface area contributed by atoms with Crippen molar-refractivity contribution in [1.82, 2.24) is 5.32 Å². The first kappa shape index (κ1) is 20.0. The lowest BCUT2D eigenvalue weighted by atomic mass is 10.3. The number of carbonyl (C=O) groups is 2. The van der Waals surface area contributed by atoms with Gasteiger partial charge < -0.3 is 20.5 Å². The van der Waals surface area contributed by atoms with Crippen molar-refractivity contribution in [2.75, 3.05) is 18.5 Å². The van der Waals surface area contributed by atoms with E-state index in [1.807, 2.05) is 19.1 Å². The molecule has 1 aromatic rings. The molecule has 0 aliphatic rings. The molecule has 0 fully saturated rings. The van der Waals surface area contributed by atoms with Crippen molar-refractivity contribution < 1.29 is 19.4 Å². The molecule has 0 aromatic heterocycles. The molecular weight excluding hydrogens is 296 g/mol. The van der Waals surface area contributed by atoms with Gasteiger partial charge in [0.05, 0.1) is 0 Å². The molecule has 0 saturated heterocycles. The molecule has 0 unspecified atom stereocenters. The van der Waals surface area contributed by atoms with E-state index in [9.17, 15) is 9.59 Å². The minimum absolute atomic E-state index is 0.241. The summed E-state index contributed by atoms with van der Waals surface area (Å²) in [6, 6.07) is 7.07. The van der Waals surface area contributed by atoms with Crippen LogP contribution in [0.1, 0.15) is 6.92 Å². The Labute approximate surface area is 136 Å². The lowest BCUT2D eigenvalue weighted by Crippen LogP contribution is -2.33. The highest BCUT2D eigenvalue weighted by Gasteiger charge is 2.05. The summed E-state index contributed by atoms with van der Waals surface area (Å²) in [6.07, 6.45) is 3.56. The zero-order valence-corrected chi connectivity index (χ0v) is 13.2. The Kier molecular flexibility index (Phi) is 10.1. The van der Waals surface area contributed by atoms with Crippen LogP contribution in [0.5, 0.6) is 5.75 Å². The number of allylic oxidation sites excluding steroid dienone is 2. The number of carbonyl (C=O) groups excluding carboxylic acids is 1. The van der Waals surface area contributed by atoms with E-state index >= 15 is 0 Å². The molecule has 0 aliphatic carbocycles. The van der Waals surface area contributed by atoms with Crippen LogP contribution < -0.4 is 15.4 Å². The smallest absolute Gasteiger partial charge is 0.322 e. The fourth-order valence-electron chi connectivity index (χ4n) is 1.45. The van der Waals surface area contributed by atoms with Gasteiger partial charge in [-0.3, -0.25) is 9.59 Å². The summed E-state index contributed by atoms with van der Waals surface area (Å²) < 4.78 is 5.30. The van der Waals surface area contributed by atoms with Gasteiger partial charge in [-0.2, -0.15) is 0 Å². The third kappa shape index (κ3) is 8.77. The number of aliphatic carboxylic acids is 1. The molecule has 6 heteroatoms. The molecule has 1 aromatic carbocycles. The van der Waals surface area contributed by atoms with Crippen LogP contribution in [0.3, 0.4) is 0 Å². The maximum atomic E-state index is 11.3. The summed E-state index contributed by atoms with van der Waals surface area (Å²) in [5.74, 6) is -1.08. The normalized spacial score (nSPS) is 9.87. The van der Waals surface area contributed by atoms with E-state index in [1.165, 1.54) is 0 Å². The van der Waals surface area contributed by atoms with Crippen LogP contribution in [0, 0.1) is 0 Å². The maximum absolute atomic E-state index is 11.3. The van der Waals surface area contributed by atoms with E-state index in [0.717, 1.165) is 11.4 Å². The molecule has 1 rings (SSSR count). The molecule has 0 heterocycles. The van der Waals surface area contributed by atoms with Crippen molar-refractivity contribution in [1.29, 1.82) is 0 Å². The van der Waals surface area contributed by atoms with Crippen LogP contribution in [0.2, 0.25) is 0 Å². The molecule has 23 heavy (non-hydrogen) atoms. The second-order valence-corrected chi connectivity index (χ2v) is 4.06. The van der Waals surface area contributed by atoms with Gasteiger partial charge in [0.2, 0.25) is 0 Å². The monoisotopic (exact) mass is 318 g/mol. The molecule has 0 radical (unpaired) electrons. The second kappa shape index (κ2) is 11.6. The average Bonchev–Trinajstić information content (AvgIpc) is 2.58. The second-order valence-electron chi connectivity index (χ2n) is 4.06. The van der Waals surface area contributed by atoms with Gasteiger partial charge in [-0.1, -0.05) is 18.7 Å². The number of nitrogens with one attached hydrogen (secondary N) is 2. The van der Waals surface area contributed by atoms with Crippen molar-refractivity contribution >= 4 is 17.6 Å². The largest absolute Gasteiger partial charge is 0.484 e. The topological polar surface area (TPSA) is 87.7 Å². The molecule has 0 aliphatic heterocycles. The van der Waals surface area contributed by atoms with Crippen LogP contribution >= 0.6 is 0 Å². The Balaban J connectivity index is 0.00000232. The number of benzene rings is 1. The van der Waals surface area contributed by atoms with Gasteiger partial charge >= 0.3 is 5.97 Å². The molecule has 124 valence electrons. The number of hydrogen-bond acceptors (Lipinski definition) is 4. The quantitative estimate of drug-likeness (QED) is 0.506. The molecule has 0 atom stereocenters. The molecule has 0 bridgehead atoms. The first-order valence-corrected chi connectivity index (χ1v) is 6.82. The van der Waals surface area contributed by atoms with Gasteiger partial charge in [0.15, 0.2) is 6.61 Å². The zero-order chi connectivity index (χ0) is 17.7. The minimum atomic E-state index is -1.10. The molecule has 1 amide bonds. The van der Waals surface area contributed by atoms with E-state index in [1.54, 1.807) is 24.3 Å². The maximum Gasteiger partial charge on any atom is 0.322 e. The fraction of sp³-hybridized carbons (Fsp3) is 0.176. The third-order valence-electron chi connectivity index (χ3n) is 2.46. The number of hydrogen-bond donors (Lipinski definition) is 3. The van der Waals surface area contributed by atoms with E-state index < -0.39 is 18.4 Å². The molecular formula is C17H22N2O4. The van der Waals surface area contributed by atoms with Gasteiger partial charge in [-0.05, 0) is 25.1 Å². The summed E-state index contributed by atoms with van der Waals surface area (Å²) in [5, 5.41) is 13.8. The van der Waals surface area contributed by atoms with Gasteiger partial charge in [-0.25, -0.2) is 0 Å². The predicted molar refractivity (Wildman–Crippen MR) is 91.4 cm³/mol. The number of amides is 1. The summed E-state index contributed by atoms with van der Waals surface area (Å²) in [4.78, 5) is 21.6. The third-order valence-corrected chi connectivity index (χ3v) is 2.46. The zero-order valence-electron chi connectivity index (χ0n) is 13.2. The summed E-state index contributed by atoms with van der Waals surface area (Å²) in [6.45, 7) is 10.9. The number of carboxylic acids is 1. The summed E-state index contributed by atoms with van der Waals surface area (Å²) in [7, 11) is 0. The number of carboxylic acid groups (broad SMARTS) is 1.